The fourth-order valence-electron chi connectivity index (χ4n) is 5.18. The maximum absolute atomic E-state index is 13.5. The number of para-hydroxylation sites is 1. The molecular weight excluding hydrogens is 591 g/mol. The number of nitrogens with one attached hydrogen (secondary N) is 2. The van der Waals surface area contributed by atoms with Crippen molar-refractivity contribution < 1.29 is 33.4 Å². The Morgan fingerprint density at radius 1 is 0.804 bits per heavy atom. The molecule has 0 spiro atoms. The van der Waals surface area contributed by atoms with Gasteiger partial charge in [-0.05, 0) is 60.2 Å². The standard InChI is InChI=1S/C35H33FN4O6/c36-27-14-11-24(12-15-27)29(22-33(42)43)38-34(44)26-13-16-31(30(21-26)37-32(41)23-46-28-9-5-2-6-10-28)39-17-19-40(20-18-39)35(45)25-7-3-1-4-8-25/h1-16,21,29H,17-20,22-23H2,(H,37,41)(H,38,44)(H,42,43). The highest BCUT2D eigenvalue weighted by molar-refractivity contribution is 6.00. The molecule has 1 aliphatic heterocycles. The highest BCUT2D eigenvalue weighted by Gasteiger charge is 2.25. The van der Waals surface area contributed by atoms with Crippen molar-refractivity contribution in [3.8, 4) is 5.75 Å². The van der Waals surface area contributed by atoms with Gasteiger partial charge in [0.05, 0.1) is 23.8 Å². The Kier molecular flexibility index (Phi) is 10.2. The number of carbonyl (C=O) groups is 4. The Morgan fingerprint density at radius 2 is 1.46 bits per heavy atom. The van der Waals surface area contributed by atoms with Gasteiger partial charge in [0, 0.05) is 37.3 Å². The normalized spacial score (nSPS) is 13.4. The van der Waals surface area contributed by atoms with E-state index >= 15 is 0 Å². The number of rotatable bonds is 11. The van der Waals surface area contributed by atoms with Crippen LogP contribution in [0.5, 0.6) is 5.75 Å². The van der Waals surface area contributed by atoms with Gasteiger partial charge in [-0.1, -0.05) is 48.5 Å². The van der Waals surface area contributed by atoms with Crippen LogP contribution >= 0.6 is 0 Å². The summed E-state index contributed by atoms with van der Waals surface area (Å²) in [7, 11) is 0. The summed E-state index contributed by atoms with van der Waals surface area (Å²) in [5, 5.41) is 15.0. The predicted octanol–water partition coefficient (Wildman–Crippen LogP) is 4.75. The topological polar surface area (TPSA) is 128 Å². The number of hydrogen-bond donors (Lipinski definition) is 3. The van der Waals surface area contributed by atoms with Gasteiger partial charge < -0.3 is 30.3 Å². The van der Waals surface area contributed by atoms with E-state index < -0.39 is 36.1 Å². The summed E-state index contributed by atoms with van der Waals surface area (Å²) in [4.78, 5) is 54.7. The van der Waals surface area contributed by atoms with Crippen LogP contribution in [0.15, 0.2) is 103 Å². The number of carboxylic acid groups (broad SMARTS) is 1. The molecular formula is C35H33FN4O6. The third-order valence-corrected chi connectivity index (χ3v) is 7.53. The average Bonchev–Trinajstić information content (AvgIpc) is 3.08. The molecule has 4 aromatic carbocycles. The van der Waals surface area contributed by atoms with Gasteiger partial charge in [-0.15, -0.1) is 0 Å². The minimum absolute atomic E-state index is 0.0593. The zero-order valence-electron chi connectivity index (χ0n) is 24.9. The number of piperazine rings is 1. The molecule has 5 rings (SSSR count). The lowest BCUT2D eigenvalue weighted by molar-refractivity contribution is -0.137. The molecule has 1 saturated heterocycles. The van der Waals surface area contributed by atoms with Crippen molar-refractivity contribution in [2.75, 3.05) is 43.0 Å². The lowest BCUT2D eigenvalue weighted by Gasteiger charge is -2.37. The highest BCUT2D eigenvalue weighted by Crippen LogP contribution is 2.29. The van der Waals surface area contributed by atoms with Crippen LogP contribution in [0.4, 0.5) is 15.8 Å². The number of ether oxygens (including phenoxy) is 1. The summed E-state index contributed by atoms with van der Waals surface area (Å²) in [5.41, 5.74) is 2.23. The van der Waals surface area contributed by atoms with Gasteiger partial charge >= 0.3 is 5.97 Å². The lowest BCUT2D eigenvalue weighted by Crippen LogP contribution is -2.49. The first-order valence-electron chi connectivity index (χ1n) is 14.8. The van der Waals surface area contributed by atoms with E-state index in [1.807, 2.05) is 29.2 Å². The minimum atomic E-state index is -1.14. The zero-order chi connectivity index (χ0) is 32.5. The van der Waals surface area contributed by atoms with Gasteiger partial charge in [0.15, 0.2) is 6.61 Å². The van der Waals surface area contributed by atoms with Crippen molar-refractivity contribution in [2.24, 2.45) is 0 Å². The molecule has 236 valence electrons. The summed E-state index contributed by atoms with van der Waals surface area (Å²) in [6, 6.07) is 27.1. The first kappa shape index (κ1) is 31.7. The molecule has 0 radical (unpaired) electrons. The van der Waals surface area contributed by atoms with Crippen LogP contribution in [0.3, 0.4) is 0 Å². The van der Waals surface area contributed by atoms with E-state index in [1.54, 1.807) is 53.4 Å². The molecule has 0 aliphatic carbocycles. The molecule has 0 saturated carbocycles. The lowest BCUT2D eigenvalue weighted by atomic mass is 10.0. The number of carbonyl (C=O) groups excluding carboxylic acids is 3. The van der Waals surface area contributed by atoms with Gasteiger partial charge in [-0.2, -0.15) is 0 Å². The molecule has 1 unspecified atom stereocenters. The van der Waals surface area contributed by atoms with Crippen LogP contribution in [0.1, 0.15) is 38.7 Å². The molecule has 4 aromatic rings. The molecule has 0 bridgehead atoms. The van der Waals surface area contributed by atoms with Gasteiger partial charge in [0.1, 0.15) is 11.6 Å². The van der Waals surface area contributed by atoms with Gasteiger partial charge in [-0.3, -0.25) is 19.2 Å². The quantitative estimate of drug-likeness (QED) is 0.220. The Bertz CT molecular complexity index is 1680. The molecule has 10 nitrogen and oxygen atoms in total. The van der Waals surface area contributed by atoms with Crippen LogP contribution in [0, 0.1) is 5.82 Å². The Balaban J connectivity index is 1.35. The Hall–Kier alpha value is -5.71. The fraction of sp³-hybridized carbons (Fsp3) is 0.200. The SMILES string of the molecule is O=C(O)CC(NC(=O)c1ccc(N2CCN(C(=O)c3ccccc3)CC2)c(NC(=O)COc2ccccc2)c1)c1ccc(F)cc1. The minimum Gasteiger partial charge on any atom is -0.484 e. The highest BCUT2D eigenvalue weighted by atomic mass is 19.1. The van der Waals surface area contributed by atoms with Crippen LogP contribution in [-0.2, 0) is 9.59 Å². The summed E-state index contributed by atoms with van der Waals surface area (Å²) < 4.78 is 19.1. The summed E-state index contributed by atoms with van der Waals surface area (Å²) in [5.74, 6) is -2.18. The van der Waals surface area contributed by atoms with Crippen molar-refractivity contribution in [3.63, 3.8) is 0 Å². The third kappa shape index (κ3) is 8.26. The third-order valence-electron chi connectivity index (χ3n) is 7.53. The Labute approximate surface area is 265 Å². The number of aliphatic carboxylic acids is 1. The molecule has 0 aromatic heterocycles. The Morgan fingerprint density at radius 3 is 2.11 bits per heavy atom. The molecule has 11 heteroatoms. The molecule has 3 N–H and O–H groups in total. The van der Waals surface area contributed by atoms with Gasteiger partial charge in [0.25, 0.3) is 17.7 Å². The number of amides is 3. The number of nitrogens with zero attached hydrogens (tertiary/aromatic N) is 2. The van der Waals surface area contributed by atoms with E-state index in [0.29, 0.717) is 54.4 Å². The van der Waals surface area contributed by atoms with Crippen LogP contribution in [-0.4, -0.2) is 66.5 Å². The molecule has 1 fully saturated rings. The van der Waals surface area contributed by atoms with Crippen LogP contribution < -0.4 is 20.3 Å². The van der Waals surface area contributed by atoms with Crippen molar-refractivity contribution in [3.05, 3.63) is 126 Å². The number of anilines is 2. The average molecular weight is 625 g/mol. The van der Waals surface area contributed by atoms with E-state index in [9.17, 15) is 28.7 Å². The second-order valence-corrected chi connectivity index (χ2v) is 10.7. The molecule has 1 atom stereocenters. The van der Waals surface area contributed by atoms with Crippen molar-refractivity contribution in [1.82, 2.24) is 10.2 Å². The number of hydrogen-bond acceptors (Lipinski definition) is 6. The second-order valence-electron chi connectivity index (χ2n) is 10.7. The van der Waals surface area contributed by atoms with Crippen LogP contribution in [0.25, 0.3) is 0 Å². The first-order valence-corrected chi connectivity index (χ1v) is 14.8. The predicted molar refractivity (Wildman–Crippen MR) is 170 cm³/mol. The fourth-order valence-corrected chi connectivity index (χ4v) is 5.18. The maximum Gasteiger partial charge on any atom is 0.305 e. The van der Waals surface area contributed by atoms with E-state index in [0.717, 1.165) is 0 Å². The van der Waals surface area contributed by atoms with Crippen molar-refractivity contribution in [2.45, 2.75) is 12.5 Å². The monoisotopic (exact) mass is 624 g/mol. The number of halogens is 1. The summed E-state index contributed by atoms with van der Waals surface area (Å²) >= 11 is 0. The van der Waals surface area contributed by atoms with E-state index in [-0.39, 0.29) is 18.1 Å². The van der Waals surface area contributed by atoms with Crippen molar-refractivity contribution in [1.29, 1.82) is 0 Å². The van der Waals surface area contributed by atoms with E-state index in [2.05, 4.69) is 10.6 Å². The summed E-state index contributed by atoms with van der Waals surface area (Å²) in [6.07, 6.45) is -0.415. The van der Waals surface area contributed by atoms with Crippen LogP contribution in [0.2, 0.25) is 0 Å². The number of benzene rings is 4. The smallest absolute Gasteiger partial charge is 0.305 e. The first-order chi connectivity index (χ1) is 22.3. The molecule has 1 heterocycles. The van der Waals surface area contributed by atoms with Crippen molar-refractivity contribution >= 4 is 35.1 Å². The van der Waals surface area contributed by atoms with Gasteiger partial charge in [0.2, 0.25) is 0 Å². The maximum atomic E-state index is 13.5. The second kappa shape index (κ2) is 14.8. The molecule has 3 amide bonds. The van der Waals surface area contributed by atoms with E-state index in [4.69, 9.17) is 4.74 Å². The van der Waals surface area contributed by atoms with Gasteiger partial charge in [-0.25, -0.2) is 4.39 Å². The zero-order valence-corrected chi connectivity index (χ0v) is 24.9. The molecule has 1 aliphatic rings. The molecule has 46 heavy (non-hydrogen) atoms. The largest absolute Gasteiger partial charge is 0.484 e. The number of carboxylic acids is 1. The summed E-state index contributed by atoms with van der Waals surface area (Å²) in [6.45, 7) is 1.60. The van der Waals surface area contributed by atoms with E-state index in [1.165, 1.54) is 30.3 Å².